The van der Waals surface area contributed by atoms with Crippen molar-refractivity contribution in [1.29, 1.82) is 0 Å². The number of halogens is 3. The summed E-state index contributed by atoms with van der Waals surface area (Å²) in [7, 11) is 0. The van der Waals surface area contributed by atoms with Crippen molar-refractivity contribution in [2.75, 3.05) is 0 Å². The second kappa shape index (κ2) is 6.51. The first kappa shape index (κ1) is 15.1. The van der Waals surface area contributed by atoms with E-state index >= 15 is 0 Å². The first-order valence-corrected chi connectivity index (χ1v) is 8.79. The molecule has 0 saturated heterocycles. The average molecular weight is 425 g/mol. The Balaban J connectivity index is 1.94. The summed E-state index contributed by atoms with van der Waals surface area (Å²) in [5.74, 6) is 0. The molecule has 0 aliphatic heterocycles. The summed E-state index contributed by atoms with van der Waals surface area (Å²) in [4.78, 5) is 0.198. The lowest BCUT2D eigenvalue weighted by molar-refractivity contribution is 0.957. The van der Waals surface area contributed by atoms with Gasteiger partial charge in [-0.1, -0.05) is 92.0 Å². The first-order valence-electron chi connectivity index (χ1n) is 6.71. The van der Waals surface area contributed by atoms with Crippen molar-refractivity contribution in [3.8, 4) is 0 Å². The highest BCUT2D eigenvalue weighted by Crippen LogP contribution is 2.35. The molecule has 0 radical (unpaired) electrons. The van der Waals surface area contributed by atoms with Crippen LogP contribution in [-0.4, -0.2) is 0 Å². The van der Waals surface area contributed by atoms with Gasteiger partial charge in [0.05, 0.1) is 0 Å². The topological polar surface area (TPSA) is 0 Å². The van der Waals surface area contributed by atoms with E-state index in [4.69, 9.17) is 11.6 Å². The van der Waals surface area contributed by atoms with Gasteiger partial charge in [-0.2, -0.15) is 0 Å². The fraction of sp³-hybridized carbons (Fsp3) is 0.111. The van der Waals surface area contributed by atoms with Crippen LogP contribution in [0.15, 0.2) is 65.1 Å². The monoisotopic (exact) mass is 422 g/mol. The minimum Gasteiger partial charge on any atom is -0.0840 e. The van der Waals surface area contributed by atoms with Gasteiger partial charge in [-0.05, 0) is 40.5 Å². The standard InChI is InChI=1S/C18H13Br2Cl/c19-14-8-9-16(18(21)11-14)17(20)10-13-6-3-5-12-4-1-2-7-15(12)13/h1-9,11,17H,10H2. The Hall–Kier alpha value is -0.830. The summed E-state index contributed by atoms with van der Waals surface area (Å²) in [5, 5.41) is 3.36. The lowest BCUT2D eigenvalue weighted by Gasteiger charge is -2.14. The molecule has 1 unspecified atom stereocenters. The second-order valence-corrected chi connectivity index (χ2v) is 7.40. The van der Waals surface area contributed by atoms with E-state index in [1.807, 2.05) is 12.1 Å². The first-order chi connectivity index (χ1) is 10.1. The molecule has 0 aromatic heterocycles. The van der Waals surface area contributed by atoms with Crippen LogP contribution in [0.5, 0.6) is 0 Å². The molecule has 21 heavy (non-hydrogen) atoms. The zero-order chi connectivity index (χ0) is 14.8. The lowest BCUT2D eigenvalue weighted by atomic mass is 9.98. The van der Waals surface area contributed by atoms with E-state index in [0.717, 1.165) is 21.5 Å². The van der Waals surface area contributed by atoms with Crippen molar-refractivity contribution < 1.29 is 0 Å². The van der Waals surface area contributed by atoms with Crippen LogP contribution in [0, 0.1) is 0 Å². The summed E-state index contributed by atoms with van der Waals surface area (Å²) in [6, 6.07) is 21.0. The number of hydrogen-bond donors (Lipinski definition) is 0. The molecule has 0 aliphatic carbocycles. The van der Waals surface area contributed by atoms with Crippen molar-refractivity contribution in [3.63, 3.8) is 0 Å². The normalized spacial score (nSPS) is 12.5. The van der Waals surface area contributed by atoms with E-state index in [-0.39, 0.29) is 4.83 Å². The number of alkyl halides is 1. The van der Waals surface area contributed by atoms with E-state index in [2.05, 4.69) is 80.4 Å². The van der Waals surface area contributed by atoms with Crippen LogP contribution in [0.3, 0.4) is 0 Å². The molecule has 0 amide bonds. The molecule has 106 valence electrons. The third-order valence-electron chi connectivity index (χ3n) is 3.58. The van der Waals surface area contributed by atoms with E-state index < -0.39 is 0 Å². The van der Waals surface area contributed by atoms with Crippen LogP contribution in [0.1, 0.15) is 16.0 Å². The van der Waals surface area contributed by atoms with Gasteiger partial charge in [0.15, 0.2) is 0 Å². The number of fused-ring (bicyclic) bond motifs is 1. The Kier molecular flexibility index (Phi) is 4.68. The van der Waals surface area contributed by atoms with Gasteiger partial charge in [0, 0.05) is 14.3 Å². The summed E-state index contributed by atoms with van der Waals surface area (Å²) in [6.45, 7) is 0. The van der Waals surface area contributed by atoms with Crippen molar-refractivity contribution in [1.82, 2.24) is 0 Å². The molecule has 0 heterocycles. The maximum Gasteiger partial charge on any atom is 0.0460 e. The smallest absolute Gasteiger partial charge is 0.0460 e. The number of hydrogen-bond acceptors (Lipinski definition) is 0. The zero-order valence-corrected chi connectivity index (χ0v) is 15.1. The Labute approximate surface area is 146 Å². The highest BCUT2D eigenvalue weighted by atomic mass is 79.9. The molecule has 0 aliphatic rings. The number of rotatable bonds is 3. The Morgan fingerprint density at radius 1 is 0.952 bits per heavy atom. The highest BCUT2D eigenvalue weighted by Gasteiger charge is 2.13. The van der Waals surface area contributed by atoms with Gasteiger partial charge >= 0.3 is 0 Å². The van der Waals surface area contributed by atoms with Crippen LogP contribution in [0.2, 0.25) is 5.02 Å². The molecular weight excluding hydrogens is 411 g/mol. The van der Waals surface area contributed by atoms with E-state index in [1.165, 1.54) is 16.3 Å². The lowest BCUT2D eigenvalue weighted by Crippen LogP contribution is -1.97. The Morgan fingerprint density at radius 3 is 2.52 bits per heavy atom. The molecule has 0 spiro atoms. The molecule has 0 N–H and O–H groups in total. The Morgan fingerprint density at radius 2 is 1.71 bits per heavy atom. The van der Waals surface area contributed by atoms with E-state index in [0.29, 0.717) is 0 Å². The largest absolute Gasteiger partial charge is 0.0840 e. The molecule has 0 fully saturated rings. The van der Waals surface area contributed by atoms with Crippen molar-refractivity contribution >= 4 is 54.2 Å². The van der Waals surface area contributed by atoms with Crippen LogP contribution >= 0.6 is 43.5 Å². The van der Waals surface area contributed by atoms with Crippen LogP contribution < -0.4 is 0 Å². The van der Waals surface area contributed by atoms with E-state index in [9.17, 15) is 0 Å². The van der Waals surface area contributed by atoms with Gasteiger partial charge in [0.25, 0.3) is 0 Å². The van der Waals surface area contributed by atoms with Gasteiger partial charge < -0.3 is 0 Å². The molecule has 3 aromatic carbocycles. The predicted molar refractivity (Wildman–Crippen MR) is 98.5 cm³/mol. The molecule has 0 saturated carbocycles. The van der Waals surface area contributed by atoms with Gasteiger partial charge in [0.1, 0.15) is 0 Å². The molecule has 3 aromatic rings. The molecule has 0 nitrogen and oxygen atoms in total. The highest BCUT2D eigenvalue weighted by molar-refractivity contribution is 9.10. The summed E-state index contributed by atoms with van der Waals surface area (Å²) in [6.07, 6.45) is 0.905. The molecule has 1 atom stereocenters. The maximum atomic E-state index is 6.35. The van der Waals surface area contributed by atoms with E-state index in [1.54, 1.807) is 0 Å². The molecule has 3 rings (SSSR count). The minimum atomic E-state index is 0.198. The zero-order valence-electron chi connectivity index (χ0n) is 11.2. The summed E-state index contributed by atoms with van der Waals surface area (Å²) >= 11 is 13.6. The molecule has 0 bridgehead atoms. The predicted octanol–water partition coefficient (Wildman–Crippen LogP) is 6.93. The molecule has 3 heteroatoms. The van der Waals surface area contributed by atoms with Gasteiger partial charge in [-0.15, -0.1) is 0 Å². The van der Waals surface area contributed by atoms with Gasteiger partial charge in [-0.3, -0.25) is 0 Å². The fourth-order valence-corrected chi connectivity index (χ4v) is 4.21. The fourth-order valence-electron chi connectivity index (χ4n) is 2.53. The number of benzene rings is 3. The Bertz CT molecular complexity index is 778. The summed E-state index contributed by atoms with van der Waals surface area (Å²) in [5.41, 5.74) is 2.45. The van der Waals surface area contributed by atoms with Crippen LogP contribution in [0.25, 0.3) is 10.8 Å². The maximum absolute atomic E-state index is 6.35. The van der Waals surface area contributed by atoms with Crippen LogP contribution in [-0.2, 0) is 6.42 Å². The third kappa shape index (κ3) is 3.33. The third-order valence-corrected chi connectivity index (χ3v) is 5.22. The SMILES string of the molecule is Clc1cc(Br)ccc1C(Br)Cc1cccc2ccccc12. The van der Waals surface area contributed by atoms with Gasteiger partial charge in [0.2, 0.25) is 0 Å². The van der Waals surface area contributed by atoms with Crippen molar-refractivity contribution in [2.45, 2.75) is 11.2 Å². The minimum absolute atomic E-state index is 0.198. The van der Waals surface area contributed by atoms with Crippen molar-refractivity contribution in [3.05, 3.63) is 81.3 Å². The molecular formula is C18H13Br2Cl. The van der Waals surface area contributed by atoms with Gasteiger partial charge in [-0.25, -0.2) is 0 Å². The van der Waals surface area contributed by atoms with Crippen molar-refractivity contribution in [2.24, 2.45) is 0 Å². The summed E-state index contributed by atoms with van der Waals surface area (Å²) < 4.78 is 1.00. The van der Waals surface area contributed by atoms with Crippen LogP contribution in [0.4, 0.5) is 0 Å². The second-order valence-electron chi connectivity index (χ2n) is 4.98. The quantitative estimate of drug-likeness (QED) is 0.400. The average Bonchev–Trinajstić information content (AvgIpc) is 2.47.